The van der Waals surface area contributed by atoms with E-state index < -0.39 is 0 Å². The number of ether oxygens (including phenoxy) is 1. The van der Waals surface area contributed by atoms with Gasteiger partial charge in [-0.05, 0) is 43.7 Å². The van der Waals surface area contributed by atoms with Crippen LogP contribution in [0.15, 0.2) is 24.3 Å². The lowest BCUT2D eigenvalue weighted by atomic mass is 10.1. The molecule has 144 valence electrons. The summed E-state index contributed by atoms with van der Waals surface area (Å²) in [5.41, 5.74) is 3.06. The molecule has 7 nitrogen and oxygen atoms in total. The third-order valence-corrected chi connectivity index (χ3v) is 5.39. The highest BCUT2D eigenvalue weighted by Crippen LogP contribution is 2.24. The van der Waals surface area contributed by atoms with Gasteiger partial charge in [0.25, 0.3) is 0 Å². The lowest BCUT2D eigenvalue weighted by molar-refractivity contribution is -0.134. The fourth-order valence-corrected chi connectivity index (χ4v) is 3.86. The van der Waals surface area contributed by atoms with Gasteiger partial charge in [0.2, 0.25) is 5.91 Å². The van der Waals surface area contributed by atoms with Crippen LogP contribution in [0.3, 0.4) is 0 Å². The molecule has 2 aliphatic rings. The van der Waals surface area contributed by atoms with Crippen molar-refractivity contribution in [3.63, 3.8) is 0 Å². The Kier molecular flexibility index (Phi) is 5.13. The van der Waals surface area contributed by atoms with Gasteiger partial charge in [-0.15, -0.1) is 0 Å². The first-order chi connectivity index (χ1) is 13.1. The zero-order chi connectivity index (χ0) is 18.8. The number of hydrogen-bond acceptors (Lipinski definition) is 5. The molecule has 0 unspecified atom stereocenters. The number of nitrogens with zero attached hydrogens (tertiary/aromatic N) is 3. The number of hydrogen-bond donors (Lipinski definition) is 2. The molecule has 2 N–H and O–H groups in total. The summed E-state index contributed by atoms with van der Waals surface area (Å²) in [6.45, 7) is 3.11. The molecule has 1 amide bonds. The summed E-state index contributed by atoms with van der Waals surface area (Å²) in [5.74, 6) is 1.76. The molecule has 0 bridgehead atoms. The third-order valence-electron chi connectivity index (χ3n) is 5.39. The molecular weight excluding hydrogens is 344 g/mol. The fraction of sp³-hybridized carbons (Fsp3) is 0.500. The molecule has 7 heteroatoms. The molecule has 1 aromatic carbocycles. The highest BCUT2D eigenvalue weighted by Gasteiger charge is 2.26. The number of aliphatic hydroxyl groups is 1. The van der Waals surface area contributed by atoms with Crippen LogP contribution in [-0.2, 0) is 17.8 Å². The van der Waals surface area contributed by atoms with Gasteiger partial charge in [0.1, 0.15) is 11.6 Å². The number of aromatic amines is 1. The predicted molar refractivity (Wildman–Crippen MR) is 101 cm³/mol. The standard InChI is InChI=1S/C20H26N4O3/c1-27-16-6-4-14(5-7-16)20-21-17-8-10-24(12-18(17)22-20)19(26)13-23-9-2-3-15(25)11-23/h4-7,15,25H,2-3,8-13H2,1H3,(H,21,22)/t15-/m1/s1. The van der Waals surface area contributed by atoms with Crippen LogP contribution in [0.1, 0.15) is 24.2 Å². The Labute approximate surface area is 159 Å². The average molecular weight is 370 g/mol. The monoisotopic (exact) mass is 370 g/mol. The van der Waals surface area contributed by atoms with Crippen molar-refractivity contribution in [2.24, 2.45) is 0 Å². The summed E-state index contributed by atoms with van der Waals surface area (Å²) < 4.78 is 5.20. The number of H-pyrrole nitrogens is 1. The molecule has 1 fully saturated rings. The Balaban J connectivity index is 1.42. The van der Waals surface area contributed by atoms with Crippen molar-refractivity contribution < 1.29 is 14.6 Å². The van der Waals surface area contributed by atoms with E-state index in [0.29, 0.717) is 26.2 Å². The summed E-state index contributed by atoms with van der Waals surface area (Å²) in [6, 6.07) is 7.79. The van der Waals surface area contributed by atoms with Gasteiger partial charge in [-0.25, -0.2) is 4.98 Å². The minimum absolute atomic E-state index is 0.121. The van der Waals surface area contributed by atoms with Gasteiger partial charge < -0.3 is 19.7 Å². The van der Waals surface area contributed by atoms with Gasteiger partial charge in [0.15, 0.2) is 0 Å². The zero-order valence-electron chi connectivity index (χ0n) is 15.6. The molecule has 1 aromatic heterocycles. The number of rotatable bonds is 4. The fourth-order valence-electron chi connectivity index (χ4n) is 3.86. The lowest BCUT2D eigenvalue weighted by Gasteiger charge is -2.32. The maximum atomic E-state index is 12.7. The molecule has 4 rings (SSSR count). The van der Waals surface area contributed by atoms with Crippen LogP contribution < -0.4 is 4.74 Å². The molecule has 1 saturated heterocycles. The second-order valence-electron chi connectivity index (χ2n) is 7.34. The lowest BCUT2D eigenvalue weighted by Crippen LogP contribution is -2.46. The number of carbonyl (C=O) groups excluding carboxylic acids is 1. The van der Waals surface area contributed by atoms with Gasteiger partial charge in [0.05, 0.1) is 37.7 Å². The van der Waals surface area contributed by atoms with E-state index in [-0.39, 0.29) is 12.0 Å². The van der Waals surface area contributed by atoms with Crippen LogP contribution in [0, 0.1) is 0 Å². The van der Waals surface area contributed by atoms with Crippen molar-refractivity contribution in [3.05, 3.63) is 35.7 Å². The van der Waals surface area contributed by atoms with E-state index in [1.807, 2.05) is 29.2 Å². The molecule has 0 spiro atoms. The quantitative estimate of drug-likeness (QED) is 0.851. The van der Waals surface area contributed by atoms with E-state index in [1.54, 1.807) is 7.11 Å². The molecule has 2 aliphatic heterocycles. The smallest absolute Gasteiger partial charge is 0.237 e. The number of aromatic nitrogens is 2. The molecule has 0 radical (unpaired) electrons. The van der Waals surface area contributed by atoms with E-state index in [9.17, 15) is 9.90 Å². The predicted octanol–water partition coefficient (Wildman–Crippen LogP) is 1.43. The van der Waals surface area contributed by atoms with Crippen LogP contribution in [0.2, 0.25) is 0 Å². The summed E-state index contributed by atoms with van der Waals surface area (Å²) in [4.78, 5) is 24.7. The normalized spacial score (nSPS) is 20.4. The molecular formula is C20H26N4O3. The van der Waals surface area contributed by atoms with Crippen LogP contribution in [0.5, 0.6) is 5.75 Å². The van der Waals surface area contributed by atoms with Gasteiger partial charge in [-0.2, -0.15) is 0 Å². The van der Waals surface area contributed by atoms with E-state index in [1.165, 1.54) is 0 Å². The molecule has 0 aliphatic carbocycles. The van der Waals surface area contributed by atoms with Crippen molar-refractivity contribution in [1.29, 1.82) is 0 Å². The minimum Gasteiger partial charge on any atom is -0.497 e. The highest BCUT2D eigenvalue weighted by atomic mass is 16.5. The van der Waals surface area contributed by atoms with E-state index in [0.717, 1.165) is 54.3 Å². The first kappa shape index (κ1) is 18.0. The number of nitrogens with one attached hydrogen (secondary N) is 1. The highest BCUT2D eigenvalue weighted by molar-refractivity contribution is 5.78. The van der Waals surface area contributed by atoms with Crippen LogP contribution >= 0.6 is 0 Å². The Morgan fingerprint density at radius 2 is 2.15 bits per heavy atom. The largest absolute Gasteiger partial charge is 0.497 e. The maximum absolute atomic E-state index is 12.7. The van der Waals surface area contributed by atoms with Gasteiger partial charge in [-0.3, -0.25) is 9.69 Å². The number of fused-ring (bicyclic) bond motifs is 1. The van der Waals surface area contributed by atoms with E-state index in [4.69, 9.17) is 9.72 Å². The molecule has 1 atom stereocenters. The Morgan fingerprint density at radius 3 is 2.89 bits per heavy atom. The zero-order valence-corrected chi connectivity index (χ0v) is 15.6. The topological polar surface area (TPSA) is 81.7 Å². The molecule has 0 saturated carbocycles. The summed E-state index contributed by atoms with van der Waals surface area (Å²) in [7, 11) is 1.65. The Hall–Kier alpha value is -2.38. The van der Waals surface area contributed by atoms with Crippen molar-refractivity contribution >= 4 is 5.91 Å². The average Bonchev–Trinajstić information content (AvgIpc) is 3.11. The SMILES string of the molecule is COc1ccc(-c2nc3c([nH]2)CN(C(=O)CN2CCC[C@@H](O)C2)CC3)cc1. The van der Waals surface area contributed by atoms with Gasteiger partial charge in [-0.1, -0.05) is 0 Å². The van der Waals surface area contributed by atoms with Gasteiger partial charge >= 0.3 is 0 Å². The second kappa shape index (κ2) is 7.70. The van der Waals surface area contributed by atoms with Crippen LogP contribution in [-0.4, -0.2) is 70.2 Å². The summed E-state index contributed by atoms with van der Waals surface area (Å²) >= 11 is 0. The van der Waals surface area contributed by atoms with Gasteiger partial charge in [0, 0.05) is 25.1 Å². The summed E-state index contributed by atoms with van der Waals surface area (Å²) in [5, 5.41) is 9.79. The van der Waals surface area contributed by atoms with E-state index >= 15 is 0 Å². The molecule has 27 heavy (non-hydrogen) atoms. The minimum atomic E-state index is -0.306. The van der Waals surface area contributed by atoms with Crippen molar-refractivity contribution in [2.75, 3.05) is 33.3 Å². The van der Waals surface area contributed by atoms with E-state index in [2.05, 4.69) is 9.88 Å². The summed E-state index contributed by atoms with van der Waals surface area (Å²) in [6.07, 6.45) is 2.24. The maximum Gasteiger partial charge on any atom is 0.237 e. The third kappa shape index (κ3) is 3.99. The first-order valence-corrected chi connectivity index (χ1v) is 9.53. The molecule has 2 aromatic rings. The number of piperidine rings is 1. The Morgan fingerprint density at radius 1 is 1.33 bits per heavy atom. The number of carbonyl (C=O) groups is 1. The number of β-amino-alcohol motifs (C(OH)–C–C–N with tert-alkyl or cyclic N) is 1. The first-order valence-electron chi connectivity index (χ1n) is 9.53. The number of benzene rings is 1. The number of likely N-dealkylation sites (tertiary alicyclic amines) is 1. The molecule has 3 heterocycles. The van der Waals surface area contributed by atoms with Crippen molar-refractivity contribution in [2.45, 2.75) is 31.9 Å². The number of imidazole rings is 1. The Bertz CT molecular complexity index is 802. The number of methoxy groups -OCH3 is 1. The second-order valence-corrected chi connectivity index (χ2v) is 7.34. The van der Waals surface area contributed by atoms with Crippen LogP contribution in [0.25, 0.3) is 11.4 Å². The van der Waals surface area contributed by atoms with Crippen molar-refractivity contribution in [3.8, 4) is 17.1 Å². The number of amides is 1. The van der Waals surface area contributed by atoms with Crippen molar-refractivity contribution in [1.82, 2.24) is 19.8 Å². The van der Waals surface area contributed by atoms with Crippen LogP contribution in [0.4, 0.5) is 0 Å². The number of aliphatic hydroxyl groups excluding tert-OH is 1.